The summed E-state index contributed by atoms with van der Waals surface area (Å²) in [6, 6.07) is 2.81. The molecular formula is C15H25N3O2. The fraction of sp³-hybridized carbons (Fsp3) is 0.867. The van der Waals surface area contributed by atoms with Gasteiger partial charge in [-0.05, 0) is 46.5 Å². The third-order valence-corrected chi connectivity index (χ3v) is 3.97. The fourth-order valence-electron chi connectivity index (χ4n) is 2.41. The largest absolute Gasteiger partial charge is 0.444 e. The second kappa shape index (κ2) is 5.61. The molecule has 5 nitrogen and oxygen atoms in total. The van der Waals surface area contributed by atoms with Gasteiger partial charge in [0, 0.05) is 25.7 Å². The molecule has 0 aromatic heterocycles. The summed E-state index contributed by atoms with van der Waals surface area (Å²) in [4.78, 5) is 13.7. The highest BCUT2D eigenvalue weighted by atomic mass is 16.6. The van der Waals surface area contributed by atoms with E-state index in [-0.39, 0.29) is 11.5 Å². The summed E-state index contributed by atoms with van der Waals surface area (Å²) in [6.07, 6.45) is 3.69. The zero-order valence-corrected chi connectivity index (χ0v) is 12.7. The van der Waals surface area contributed by atoms with E-state index in [9.17, 15) is 4.79 Å². The molecule has 1 heterocycles. The highest BCUT2D eigenvalue weighted by molar-refractivity contribution is 5.68. The van der Waals surface area contributed by atoms with Crippen molar-refractivity contribution in [1.29, 1.82) is 5.26 Å². The van der Waals surface area contributed by atoms with Crippen LogP contribution in [0.25, 0.3) is 0 Å². The summed E-state index contributed by atoms with van der Waals surface area (Å²) in [5.74, 6) is 0. The Balaban J connectivity index is 1.70. The predicted octanol–water partition coefficient (Wildman–Crippen LogP) is 2.28. The molecule has 5 heteroatoms. The number of nitriles is 1. The van der Waals surface area contributed by atoms with E-state index in [1.54, 1.807) is 4.90 Å². The first-order valence-corrected chi connectivity index (χ1v) is 7.46. The first-order valence-electron chi connectivity index (χ1n) is 7.46. The minimum atomic E-state index is -0.433. The molecule has 1 aliphatic carbocycles. The number of piperidine rings is 1. The number of amides is 1. The molecule has 0 unspecified atom stereocenters. The standard InChI is InChI=1S/C15H25N3O2/c1-14(2,3)20-13(19)18-8-4-12(5-9-18)17-11-15(10-16)6-7-15/h12,17H,4-9,11H2,1-3H3. The highest BCUT2D eigenvalue weighted by Crippen LogP contribution is 2.44. The minimum absolute atomic E-state index is 0.0949. The van der Waals surface area contributed by atoms with Crippen molar-refractivity contribution in [3.8, 4) is 6.07 Å². The van der Waals surface area contributed by atoms with Gasteiger partial charge in [-0.1, -0.05) is 0 Å². The number of ether oxygens (including phenoxy) is 1. The molecule has 2 aliphatic rings. The smallest absolute Gasteiger partial charge is 0.410 e. The minimum Gasteiger partial charge on any atom is -0.444 e. The van der Waals surface area contributed by atoms with Crippen LogP contribution in [0.2, 0.25) is 0 Å². The maximum absolute atomic E-state index is 11.9. The summed E-state index contributed by atoms with van der Waals surface area (Å²) >= 11 is 0. The van der Waals surface area contributed by atoms with Gasteiger partial charge in [0.05, 0.1) is 11.5 Å². The van der Waals surface area contributed by atoms with E-state index in [0.29, 0.717) is 6.04 Å². The summed E-state index contributed by atoms with van der Waals surface area (Å²) in [7, 11) is 0. The number of nitrogens with zero attached hydrogens (tertiary/aromatic N) is 2. The Morgan fingerprint density at radius 1 is 1.40 bits per heavy atom. The average molecular weight is 279 g/mol. The van der Waals surface area contributed by atoms with E-state index in [2.05, 4.69) is 11.4 Å². The molecule has 0 radical (unpaired) electrons. The van der Waals surface area contributed by atoms with Crippen LogP contribution in [0, 0.1) is 16.7 Å². The second-order valence-corrected chi connectivity index (χ2v) is 7.01. The Bertz CT molecular complexity index is 396. The van der Waals surface area contributed by atoms with Gasteiger partial charge in [0.1, 0.15) is 5.60 Å². The lowest BCUT2D eigenvalue weighted by molar-refractivity contribution is 0.0198. The quantitative estimate of drug-likeness (QED) is 0.860. The molecule has 1 amide bonds. The molecule has 20 heavy (non-hydrogen) atoms. The molecule has 1 aliphatic heterocycles. The molecule has 1 saturated carbocycles. The number of rotatable bonds is 3. The van der Waals surface area contributed by atoms with Crippen molar-refractivity contribution in [1.82, 2.24) is 10.2 Å². The summed E-state index contributed by atoms with van der Waals surface area (Å²) in [5.41, 5.74) is -0.528. The highest BCUT2D eigenvalue weighted by Gasteiger charge is 2.43. The van der Waals surface area contributed by atoms with E-state index in [4.69, 9.17) is 10.00 Å². The van der Waals surface area contributed by atoms with E-state index in [1.807, 2.05) is 20.8 Å². The molecule has 0 aromatic carbocycles. The molecule has 0 atom stereocenters. The van der Waals surface area contributed by atoms with Gasteiger partial charge in [0.25, 0.3) is 0 Å². The molecule has 1 N–H and O–H groups in total. The molecule has 112 valence electrons. The lowest BCUT2D eigenvalue weighted by Crippen LogP contribution is -2.47. The third kappa shape index (κ3) is 4.11. The normalized spacial score (nSPS) is 22.2. The van der Waals surface area contributed by atoms with Crippen molar-refractivity contribution in [3.63, 3.8) is 0 Å². The van der Waals surface area contributed by atoms with Gasteiger partial charge in [0.15, 0.2) is 0 Å². The van der Waals surface area contributed by atoms with E-state index >= 15 is 0 Å². The second-order valence-electron chi connectivity index (χ2n) is 7.01. The van der Waals surface area contributed by atoms with Crippen molar-refractivity contribution in [3.05, 3.63) is 0 Å². The van der Waals surface area contributed by atoms with Crippen LogP contribution in [-0.2, 0) is 4.74 Å². The van der Waals surface area contributed by atoms with Crippen LogP contribution >= 0.6 is 0 Å². The van der Waals surface area contributed by atoms with Crippen molar-refractivity contribution < 1.29 is 9.53 Å². The van der Waals surface area contributed by atoms with Crippen LogP contribution in [0.4, 0.5) is 4.79 Å². The van der Waals surface area contributed by atoms with Gasteiger partial charge in [-0.2, -0.15) is 5.26 Å². The van der Waals surface area contributed by atoms with E-state index in [1.165, 1.54) is 0 Å². The van der Waals surface area contributed by atoms with Crippen LogP contribution in [0.5, 0.6) is 0 Å². The van der Waals surface area contributed by atoms with Crippen molar-refractivity contribution in [2.75, 3.05) is 19.6 Å². The number of nitrogens with one attached hydrogen (secondary N) is 1. The lowest BCUT2D eigenvalue weighted by atomic mass is 10.0. The fourth-order valence-corrected chi connectivity index (χ4v) is 2.41. The van der Waals surface area contributed by atoms with Crippen LogP contribution in [0.15, 0.2) is 0 Å². The van der Waals surface area contributed by atoms with Crippen molar-refractivity contribution >= 4 is 6.09 Å². The Hall–Kier alpha value is -1.28. The molecule has 2 fully saturated rings. The SMILES string of the molecule is CC(C)(C)OC(=O)N1CCC(NCC2(C#N)CC2)CC1. The summed E-state index contributed by atoms with van der Waals surface area (Å²) < 4.78 is 5.38. The Morgan fingerprint density at radius 2 is 2.00 bits per heavy atom. The Kier molecular flexibility index (Phi) is 4.24. The Labute approximate surface area is 121 Å². The zero-order chi connectivity index (χ0) is 14.8. The predicted molar refractivity (Wildman–Crippen MR) is 76.1 cm³/mol. The first-order chi connectivity index (χ1) is 9.34. The molecular weight excluding hydrogens is 254 g/mol. The van der Waals surface area contributed by atoms with E-state index in [0.717, 1.165) is 45.3 Å². The number of likely N-dealkylation sites (tertiary alicyclic amines) is 1. The van der Waals surface area contributed by atoms with Crippen LogP contribution < -0.4 is 5.32 Å². The molecule has 0 aromatic rings. The van der Waals surface area contributed by atoms with Crippen LogP contribution in [-0.4, -0.2) is 42.3 Å². The lowest BCUT2D eigenvalue weighted by Gasteiger charge is -2.34. The summed E-state index contributed by atoms with van der Waals surface area (Å²) in [5, 5.41) is 12.5. The Morgan fingerprint density at radius 3 is 2.45 bits per heavy atom. The monoisotopic (exact) mass is 279 g/mol. The summed E-state index contributed by atoms with van der Waals surface area (Å²) in [6.45, 7) is 7.90. The van der Waals surface area contributed by atoms with Gasteiger partial charge in [-0.3, -0.25) is 0 Å². The van der Waals surface area contributed by atoms with Gasteiger partial charge in [0.2, 0.25) is 0 Å². The molecule has 0 bridgehead atoms. The molecule has 1 saturated heterocycles. The van der Waals surface area contributed by atoms with Gasteiger partial charge in [-0.15, -0.1) is 0 Å². The number of carbonyl (C=O) groups excluding carboxylic acids is 1. The van der Waals surface area contributed by atoms with Gasteiger partial charge in [-0.25, -0.2) is 4.79 Å². The van der Waals surface area contributed by atoms with E-state index < -0.39 is 5.60 Å². The number of carbonyl (C=O) groups is 1. The maximum Gasteiger partial charge on any atom is 0.410 e. The van der Waals surface area contributed by atoms with Gasteiger partial charge < -0.3 is 15.0 Å². The number of hydrogen-bond donors (Lipinski definition) is 1. The topological polar surface area (TPSA) is 65.4 Å². The van der Waals surface area contributed by atoms with Crippen LogP contribution in [0.3, 0.4) is 0 Å². The molecule has 2 rings (SSSR count). The average Bonchev–Trinajstić information content (AvgIpc) is 3.16. The third-order valence-electron chi connectivity index (χ3n) is 3.97. The molecule has 0 spiro atoms. The van der Waals surface area contributed by atoms with Crippen molar-refractivity contribution in [2.45, 2.75) is 58.1 Å². The first kappa shape index (κ1) is 15.1. The maximum atomic E-state index is 11.9. The van der Waals surface area contributed by atoms with Gasteiger partial charge >= 0.3 is 6.09 Å². The van der Waals surface area contributed by atoms with Crippen molar-refractivity contribution in [2.24, 2.45) is 5.41 Å². The number of hydrogen-bond acceptors (Lipinski definition) is 4. The zero-order valence-electron chi connectivity index (χ0n) is 12.7. The van der Waals surface area contributed by atoms with Crippen LogP contribution in [0.1, 0.15) is 46.5 Å².